The Labute approximate surface area is 201 Å². The SMILES string of the molecule is COc1ccc2cc(-c3csc(=Nc4ccc(Cl)cc4)n3CCCn3ccnc3)ccc2c1. The number of hydrogen-bond acceptors (Lipinski definition) is 4. The van der Waals surface area contributed by atoms with Gasteiger partial charge in [-0.25, -0.2) is 9.98 Å². The monoisotopic (exact) mass is 474 g/mol. The molecule has 0 saturated carbocycles. The molecule has 33 heavy (non-hydrogen) atoms. The van der Waals surface area contributed by atoms with Crippen LogP contribution in [0.2, 0.25) is 5.02 Å². The van der Waals surface area contributed by atoms with Gasteiger partial charge in [-0.1, -0.05) is 29.8 Å². The number of benzene rings is 3. The molecule has 2 heterocycles. The molecule has 0 unspecified atom stereocenters. The van der Waals surface area contributed by atoms with Crippen molar-refractivity contribution < 1.29 is 4.74 Å². The first-order valence-electron chi connectivity index (χ1n) is 10.7. The molecule has 0 bridgehead atoms. The molecule has 166 valence electrons. The summed E-state index contributed by atoms with van der Waals surface area (Å²) in [5.41, 5.74) is 3.22. The Morgan fingerprint density at radius 3 is 2.61 bits per heavy atom. The second-order valence-electron chi connectivity index (χ2n) is 7.73. The van der Waals surface area contributed by atoms with Crippen LogP contribution in [0.1, 0.15) is 6.42 Å². The fourth-order valence-electron chi connectivity index (χ4n) is 3.83. The van der Waals surface area contributed by atoms with E-state index >= 15 is 0 Å². The number of hydrogen-bond donors (Lipinski definition) is 0. The van der Waals surface area contributed by atoms with Gasteiger partial charge in [0.1, 0.15) is 5.75 Å². The number of aryl methyl sites for hydroxylation is 1. The maximum Gasteiger partial charge on any atom is 0.190 e. The van der Waals surface area contributed by atoms with Crippen molar-refractivity contribution in [3.63, 3.8) is 0 Å². The molecule has 0 aliphatic heterocycles. The van der Waals surface area contributed by atoms with E-state index in [1.807, 2.05) is 49.1 Å². The second-order valence-corrected chi connectivity index (χ2v) is 9.00. The Balaban J connectivity index is 1.53. The lowest BCUT2D eigenvalue weighted by Gasteiger charge is -2.11. The van der Waals surface area contributed by atoms with Crippen LogP contribution < -0.4 is 9.54 Å². The van der Waals surface area contributed by atoms with Crippen LogP contribution in [0.5, 0.6) is 5.75 Å². The van der Waals surface area contributed by atoms with E-state index in [0.717, 1.165) is 46.8 Å². The molecule has 3 aromatic carbocycles. The van der Waals surface area contributed by atoms with E-state index < -0.39 is 0 Å². The van der Waals surface area contributed by atoms with Gasteiger partial charge in [0.15, 0.2) is 4.80 Å². The average molecular weight is 475 g/mol. The van der Waals surface area contributed by atoms with Crippen LogP contribution in [-0.2, 0) is 13.1 Å². The first-order chi connectivity index (χ1) is 16.2. The molecule has 2 aromatic heterocycles. The number of nitrogens with zero attached hydrogens (tertiary/aromatic N) is 4. The fourth-order valence-corrected chi connectivity index (χ4v) is 4.91. The van der Waals surface area contributed by atoms with Gasteiger partial charge < -0.3 is 13.9 Å². The maximum absolute atomic E-state index is 6.05. The van der Waals surface area contributed by atoms with Crippen LogP contribution in [-0.4, -0.2) is 21.2 Å². The lowest BCUT2D eigenvalue weighted by atomic mass is 10.0. The summed E-state index contributed by atoms with van der Waals surface area (Å²) >= 11 is 7.71. The summed E-state index contributed by atoms with van der Waals surface area (Å²) in [5.74, 6) is 0.865. The maximum atomic E-state index is 6.05. The number of fused-ring (bicyclic) bond motifs is 1. The highest BCUT2D eigenvalue weighted by molar-refractivity contribution is 7.07. The number of aromatic nitrogens is 3. The van der Waals surface area contributed by atoms with Crippen molar-refractivity contribution in [1.82, 2.24) is 14.1 Å². The third-order valence-electron chi connectivity index (χ3n) is 5.55. The Morgan fingerprint density at radius 1 is 1.00 bits per heavy atom. The zero-order chi connectivity index (χ0) is 22.6. The smallest absolute Gasteiger partial charge is 0.190 e. The van der Waals surface area contributed by atoms with Crippen LogP contribution >= 0.6 is 22.9 Å². The Bertz CT molecular complexity index is 1440. The van der Waals surface area contributed by atoms with Crippen LogP contribution in [0.15, 0.2) is 89.8 Å². The lowest BCUT2D eigenvalue weighted by molar-refractivity contribution is 0.415. The van der Waals surface area contributed by atoms with E-state index in [1.54, 1.807) is 18.4 Å². The molecule has 5 nitrogen and oxygen atoms in total. The quantitative estimate of drug-likeness (QED) is 0.268. The highest BCUT2D eigenvalue weighted by atomic mass is 35.5. The van der Waals surface area contributed by atoms with E-state index in [-0.39, 0.29) is 0 Å². The number of rotatable bonds is 7. The van der Waals surface area contributed by atoms with Crippen molar-refractivity contribution in [3.05, 3.63) is 94.6 Å². The minimum absolute atomic E-state index is 0.710. The first kappa shape index (κ1) is 21.5. The standard InChI is InChI=1S/C26H23ClN4OS/c1-32-24-10-5-19-15-21(4-3-20(19)16-24)25-17-33-26(29-23-8-6-22(27)7-9-23)31(25)13-2-12-30-14-11-28-18-30/h3-11,14-18H,2,12-13H2,1H3. The number of halogens is 1. The minimum atomic E-state index is 0.710. The Hall–Kier alpha value is -3.35. The highest BCUT2D eigenvalue weighted by Gasteiger charge is 2.10. The predicted molar refractivity (Wildman–Crippen MR) is 135 cm³/mol. The van der Waals surface area contributed by atoms with E-state index in [4.69, 9.17) is 21.3 Å². The molecule has 0 N–H and O–H groups in total. The van der Waals surface area contributed by atoms with E-state index in [9.17, 15) is 0 Å². The summed E-state index contributed by atoms with van der Waals surface area (Å²) in [4.78, 5) is 10.0. The summed E-state index contributed by atoms with van der Waals surface area (Å²) in [6.07, 6.45) is 6.64. The predicted octanol–water partition coefficient (Wildman–Crippen LogP) is 6.55. The van der Waals surface area contributed by atoms with Crippen molar-refractivity contribution in [2.75, 3.05) is 7.11 Å². The summed E-state index contributed by atoms with van der Waals surface area (Å²) in [7, 11) is 1.69. The highest BCUT2D eigenvalue weighted by Crippen LogP contribution is 2.28. The molecule has 0 aliphatic rings. The van der Waals surface area contributed by atoms with E-state index in [1.165, 1.54) is 10.9 Å². The van der Waals surface area contributed by atoms with Gasteiger partial charge in [-0.15, -0.1) is 11.3 Å². The number of thiazole rings is 1. The van der Waals surface area contributed by atoms with Gasteiger partial charge in [-0.3, -0.25) is 0 Å². The van der Waals surface area contributed by atoms with Gasteiger partial charge >= 0.3 is 0 Å². The average Bonchev–Trinajstić information content (AvgIpc) is 3.50. The van der Waals surface area contributed by atoms with Gasteiger partial charge in [0.2, 0.25) is 0 Å². The molecular weight excluding hydrogens is 452 g/mol. The van der Waals surface area contributed by atoms with E-state index in [2.05, 4.69) is 49.8 Å². The van der Waals surface area contributed by atoms with Crippen LogP contribution in [0.4, 0.5) is 5.69 Å². The van der Waals surface area contributed by atoms with Crippen LogP contribution in [0, 0.1) is 0 Å². The van der Waals surface area contributed by atoms with Gasteiger partial charge in [0.25, 0.3) is 0 Å². The van der Waals surface area contributed by atoms with Gasteiger partial charge in [0, 0.05) is 35.9 Å². The van der Waals surface area contributed by atoms with Gasteiger partial charge in [-0.2, -0.15) is 0 Å². The second kappa shape index (κ2) is 9.65. The molecule has 5 aromatic rings. The third-order valence-corrected chi connectivity index (χ3v) is 6.67. The topological polar surface area (TPSA) is 44.3 Å². The largest absolute Gasteiger partial charge is 0.497 e. The molecule has 0 saturated heterocycles. The third kappa shape index (κ3) is 4.87. The molecule has 0 fully saturated rings. The van der Waals surface area contributed by atoms with Crippen LogP contribution in [0.3, 0.4) is 0 Å². The zero-order valence-corrected chi connectivity index (χ0v) is 19.8. The van der Waals surface area contributed by atoms with Gasteiger partial charge in [-0.05, 0) is 65.2 Å². The normalized spacial score (nSPS) is 11.9. The zero-order valence-electron chi connectivity index (χ0n) is 18.2. The molecule has 0 amide bonds. The van der Waals surface area contributed by atoms with Crippen molar-refractivity contribution >= 4 is 39.4 Å². The van der Waals surface area contributed by atoms with E-state index in [0.29, 0.717) is 5.02 Å². The fraction of sp³-hybridized carbons (Fsp3) is 0.154. The lowest BCUT2D eigenvalue weighted by Crippen LogP contribution is -2.17. The molecule has 0 aliphatic carbocycles. The number of imidazole rings is 1. The molecule has 0 radical (unpaired) electrons. The van der Waals surface area contributed by atoms with Crippen LogP contribution in [0.25, 0.3) is 22.0 Å². The number of ether oxygens (including phenoxy) is 1. The molecular formula is C26H23ClN4OS. The summed E-state index contributed by atoms with van der Waals surface area (Å²) < 4.78 is 9.78. The summed E-state index contributed by atoms with van der Waals surface area (Å²) in [6.45, 7) is 1.75. The van der Waals surface area contributed by atoms with Crippen molar-refractivity contribution in [2.24, 2.45) is 4.99 Å². The van der Waals surface area contributed by atoms with Crippen molar-refractivity contribution in [1.29, 1.82) is 0 Å². The Kier molecular flexibility index (Phi) is 6.28. The van der Waals surface area contributed by atoms with Crippen molar-refractivity contribution in [2.45, 2.75) is 19.5 Å². The summed E-state index contributed by atoms with van der Waals surface area (Å²) in [6, 6.07) is 20.3. The first-order valence-corrected chi connectivity index (χ1v) is 12.0. The van der Waals surface area contributed by atoms with Gasteiger partial charge in [0.05, 0.1) is 24.8 Å². The van der Waals surface area contributed by atoms with Crippen molar-refractivity contribution in [3.8, 4) is 17.0 Å². The number of methoxy groups -OCH3 is 1. The molecule has 0 atom stereocenters. The molecule has 0 spiro atoms. The summed E-state index contributed by atoms with van der Waals surface area (Å²) in [5, 5.41) is 5.24. The Morgan fingerprint density at radius 2 is 1.82 bits per heavy atom. The molecule has 5 rings (SSSR count). The minimum Gasteiger partial charge on any atom is -0.497 e. The molecule has 7 heteroatoms.